The first-order chi connectivity index (χ1) is 17.8. The second-order valence-corrected chi connectivity index (χ2v) is 10.4. The minimum Gasteiger partial charge on any atom is -0.472 e. The lowest BCUT2D eigenvalue weighted by atomic mass is 10.1. The summed E-state index contributed by atoms with van der Waals surface area (Å²) in [7, 11) is 0. The Morgan fingerprint density at radius 1 is 1.11 bits per heavy atom. The third kappa shape index (κ3) is 8.69. The van der Waals surface area contributed by atoms with Gasteiger partial charge in [0.2, 0.25) is 5.88 Å². The third-order valence-corrected chi connectivity index (χ3v) is 7.90. The summed E-state index contributed by atoms with van der Waals surface area (Å²) < 4.78 is 9.82. The highest BCUT2D eigenvalue weighted by atomic mass is 35.5. The molecule has 0 atom stereocenters. The van der Waals surface area contributed by atoms with E-state index in [0.29, 0.717) is 22.2 Å². The molecule has 3 amide bonds. The van der Waals surface area contributed by atoms with E-state index in [1.807, 2.05) is 13.0 Å². The average Bonchev–Trinajstić information content (AvgIpc) is 3.28. The van der Waals surface area contributed by atoms with Gasteiger partial charge in [-0.15, -0.1) is 0 Å². The number of aromatic nitrogens is 1. The summed E-state index contributed by atoms with van der Waals surface area (Å²) in [6.45, 7) is 8.64. The highest BCUT2D eigenvalue weighted by Gasteiger charge is 2.22. The van der Waals surface area contributed by atoms with E-state index < -0.39 is 11.9 Å². The lowest BCUT2D eigenvalue weighted by Gasteiger charge is -2.34. The summed E-state index contributed by atoms with van der Waals surface area (Å²) in [5.74, 6) is -0.736. The summed E-state index contributed by atoms with van der Waals surface area (Å²) in [6, 6.07) is 3.16. The van der Waals surface area contributed by atoms with Crippen LogP contribution >= 0.6 is 34.7 Å². The zero-order chi connectivity index (χ0) is 26.8. The van der Waals surface area contributed by atoms with Crippen LogP contribution in [0.1, 0.15) is 40.7 Å². The summed E-state index contributed by atoms with van der Waals surface area (Å²) in [6.07, 6.45) is 2.62. The number of urea groups is 1. The van der Waals surface area contributed by atoms with Crippen LogP contribution in [0.2, 0.25) is 10.0 Å². The van der Waals surface area contributed by atoms with Crippen molar-refractivity contribution in [2.45, 2.75) is 32.8 Å². The van der Waals surface area contributed by atoms with Crippen LogP contribution in [0.4, 0.5) is 9.80 Å². The number of amides is 3. The van der Waals surface area contributed by atoms with Crippen molar-refractivity contribution >= 4 is 51.7 Å². The number of hydrogen-bond donors (Lipinski definition) is 4. The number of unbranched alkanes of at least 4 members (excludes halogenated alkanes) is 1. The maximum Gasteiger partial charge on any atom is 0.319 e. The van der Waals surface area contributed by atoms with E-state index in [1.54, 1.807) is 6.07 Å². The van der Waals surface area contributed by atoms with E-state index in [2.05, 4.69) is 24.8 Å². The molecule has 1 aliphatic heterocycles. The van der Waals surface area contributed by atoms with E-state index in [9.17, 15) is 9.59 Å². The first-order valence-corrected chi connectivity index (χ1v) is 13.8. The number of hydrogen-bond acceptors (Lipinski definition) is 8. The quantitative estimate of drug-likeness (QED) is 0.270. The number of primary amides is 1. The molecule has 37 heavy (non-hydrogen) atoms. The molecule has 2 heterocycles. The molecule has 3 rings (SSSR count). The van der Waals surface area contributed by atoms with E-state index in [4.69, 9.17) is 38.8 Å². The monoisotopic (exact) mass is 572 g/mol. The van der Waals surface area contributed by atoms with Crippen LogP contribution in [0.25, 0.3) is 0 Å². The van der Waals surface area contributed by atoms with Crippen molar-refractivity contribution < 1.29 is 19.4 Å². The number of nitrogens with zero attached hydrogens (tertiary/aromatic N) is 3. The molecule has 13 heteroatoms. The number of ether oxygens (including phenoxy) is 1. The normalized spacial score (nSPS) is 14.5. The van der Waals surface area contributed by atoms with Gasteiger partial charge in [0.05, 0.1) is 10.0 Å². The predicted molar refractivity (Wildman–Crippen MR) is 147 cm³/mol. The van der Waals surface area contributed by atoms with Crippen LogP contribution < -0.4 is 21.1 Å². The molecular formula is C24H34Cl2N6O4S. The van der Waals surface area contributed by atoms with Crippen molar-refractivity contribution in [2.75, 3.05) is 57.7 Å². The highest BCUT2D eigenvalue weighted by Crippen LogP contribution is 2.33. The van der Waals surface area contributed by atoms with Crippen LogP contribution in [0, 0.1) is 6.92 Å². The Kier molecular flexibility index (Phi) is 11.7. The van der Waals surface area contributed by atoms with Gasteiger partial charge in [-0.1, -0.05) is 35.3 Å². The highest BCUT2D eigenvalue weighted by molar-refractivity contribution is 7.11. The SMILES string of the molecule is Cc1ccc(COc2nsc(NC(=O)NCCCCN3CCN(CCCO)CC3)c2C(N)=O)c(Cl)c1Cl. The zero-order valence-corrected chi connectivity index (χ0v) is 23.2. The molecule has 1 aromatic heterocycles. The predicted octanol–water partition coefficient (Wildman–Crippen LogP) is 3.34. The number of aliphatic hydroxyl groups excluding tert-OH is 1. The van der Waals surface area contributed by atoms with E-state index in [1.165, 1.54) is 0 Å². The molecule has 1 fully saturated rings. The fraction of sp³-hybridized carbons (Fsp3) is 0.542. The maximum absolute atomic E-state index is 12.4. The van der Waals surface area contributed by atoms with Gasteiger partial charge in [0.25, 0.3) is 5.91 Å². The Morgan fingerprint density at radius 2 is 1.78 bits per heavy atom. The fourth-order valence-corrected chi connectivity index (χ4v) is 5.15. The van der Waals surface area contributed by atoms with Gasteiger partial charge in [0, 0.05) is 51.4 Å². The molecule has 0 aliphatic carbocycles. The average molecular weight is 574 g/mol. The molecule has 1 aromatic carbocycles. The molecule has 2 aromatic rings. The molecule has 0 radical (unpaired) electrons. The van der Waals surface area contributed by atoms with Crippen LogP contribution in [0.15, 0.2) is 12.1 Å². The Morgan fingerprint density at radius 3 is 2.43 bits per heavy atom. The van der Waals surface area contributed by atoms with Crippen molar-refractivity contribution in [3.8, 4) is 5.88 Å². The zero-order valence-electron chi connectivity index (χ0n) is 20.9. The van der Waals surface area contributed by atoms with Gasteiger partial charge in [0.15, 0.2) is 0 Å². The second kappa shape index (κ2) is 14.7. The molecule has 0 spiro atoms. The Labute approximate surface area is 231 Å². The molecule has 0 bridgehead atoms. The first kappa shape index (κ1) is 29.4. The lowest BCUT2D eigenvalue weighted by molar-refractivity contribution is 0.0996. The summed E-state index contributed by atoms with van der Waals surface area (Å²) in [4.78, 5) is 29.2. The number of aryl methyl sites for hydroxylation is 1. The molecule has 204 valence electrons. The number of benzene rings is 1. The van der Waals surface area contributed by atoms with Gasteiger partial charge in [-0.25, -0.2) is 4.79 Å². The van der Waals surface area contributed by atoms with Gasteiger partial charge in [-0.2, -0.15) is 4.37 Å². The molecule has 0 unspecified atom stereocenters. The number of carbonyl (C=O) groups is 2. The Hall–Kier alpha value is -2.15. The van der Waals surface area contributed by atoms with Gasteiger partial charge in [-0.3, -0.25) is 10.1 Å². The number of nitrogens with one attached hydrogen (secondary N) is 2. The summed E-state index contributed by atoms with van der Waals surface area (Å²) in [5, 5.41) is 15.4. The Balaban J connectivity index is 1.41. The van der Waals surface area contributed by atoms with Crippen molar-refractivity contribution in [1.29, 1.82) is 0 Å². The number of nitrogens with two attached hydrogens (primary N) is 1. The van der Waals surface area contributed by atoms with Crippen LogP contribution in [-0.4, -0.2) is 83.6 Å². The summed E-state index contributed by atoms with van der Waals surface area (Å²) in [5.41, 5.74) is 7.01. The molecule has 5 N–H and O–H groups in total. The smallest absolute Gasteiger partial charge is 0.319 e. The van der Waals surface area contributed by atoms with Crippen molar-refractivity contribution in [3.63, 3.8) is 0 Å². The second-order valence-electron chi connectivity index (χ2n) is 8.86. The number of piperazine rings is 1. The minimum absolute atomic E-state index is 0.00705. The lowest BCUT2D eigenvalue weighted by Crippen LogP contribution is -2.46. The van der Waals surface area contributed by atoms with Crippen molar-refractivity contribution in [1.82, 2.24) is 19.5 Å². The standard InChI is InChI=1S/C24H34Cl2N6O4S/c1-16-5-6-17(20(26)19(16)25)15-36-22-18(21(27)34)23(37-30-22)29-24(35)28-7-2-3-8-31-10-12-32(13-11-31)9-4-14-33/h5-6,33H,2-4,7-15H2,1H3,(H2,27,34)(H2,28,29,35). The largest absolute Gasteiger partial charge is 0.472 e. The number of rotatable bonds is 13. The number of aliphatic hydroxyl groups is 1. The van der Waals surface area contributed by atoms with Crippen LogP contribution in [-0.2, 0) is 6.61 Å². The van der Waals surface area contributed by atoms with Gasteiger partial charge in [-0.05, 0) is 49.8 Å². The van der Waals surface area contributed by atoms with Gasteiger partial charge in [0.1, 0.15) is 17.2 Å². The minimum atomic E-state index is -0.761. The maximum atomic E-state index is 12.4. The van der Waals surface area contributed by atoms with E-state index >= 15 is 0 Å². The third-order valence-electron chi connectivity index (χ3n) is 6.14. The van der Waals surface area contributed by atoms with E-state index in [0.717, 1.165) is 75.6 Å². The van der Waals surface area contributed by atoms with Crippen molar-refractivity contribution in [3.05, 3.63) is 38.9 Å². The fourth-order valence-electron chi connectivity index (χ4n) is 3.96. The molecule has 1 saturated heterocycles. The summed E-state index contributed by atoms with van der Waals surface area (Å²) >= 11 is 13.4. The molecule has 0 saturated carbocycles. The number of halogens is 2. The number of carbonyl (C=O) groups excluding carboxylic acids is 2. The van der Waals surface area contributed by atoms with Gasteiger partial charge >= 0.3 is 6.03 Å². The number of anilines is 1. The first-order valence-electron chi connectivity index (χ1n) is 12.3. The molecule has 10 nitrogen and oxygen atoms in total. The van der Waals surface area contributed by atoms with Crippen LogP contribution in [0.5, 0.6) is 5.88 Å². The molecule has 1 aliphatic rings. The van der Waals surface area contributed by atoms with E-state index in [-0.39, 0.29) is 29.7 Å². The van der Waals surface area contributed by atoms with Crippen molar-refractivity contribution in [2.24, 2.45) is 5.73 Å². The topological polar surface area (TPSA) is 133 Å². The molecular weight excluding hydrogens is 539 g/mol. The van der Waals surface area contributed by atoms with Crippen LogP contribution in [0.3, 0.4) is 0 Å². The Bertz CT molecular complexity index is 1060. The van der Waals surface area contributed by atoms with Gasteiger partial charge < -0.3 is 30.7 Å².